The Morgan fingerprint density at radius 1 is 0.318 bits per heavy atom. The first-order valence-electron chi connectivity index (χ1n) is 15.0. The van der Waals surface area contributed by atoms with Crippen molar-refractivity contribution in [2.45, 2.75) is 0 Å². The zero-order chi connectivity index (χ0) is 29.0. The van der Waals surface area contributed by atoms with Crippen molar-refractivity contribution in [2.24, 2.45) is 0 Å². The van der Waals surface area contributed by atoms with E-state index in [9.17, 15) is 0 Å². The predicted molar refractivity (Wildman–Crippen MR) is 190 cm³/mol. The number of hydrogen-bond donors (Lipinski definition) is 0. The number of aromatic nitrogens is 1. The van der Waals surface area contributed by atoms with Crippen molar-refractivity contribution in [2.75, 3.05) is 0 Å². The second kappa shape index (κ2) is 10.1. The van der Waals surface area contributed by atoms with Crippen LogP contribution in [0.3, 0.4) is 0 Å². The first-order chi connectivity index (χ1) is 21.8. The van der Waals surface area contributed by atoms with Gasteiger partial charge in [-0.15, -0.1) is 11.3 Å². The zero-order valence-electron chi connectivity index (χ0n) is 23.9. The third kappa shape index (κ3) is 4.07. The number of thiophene rings is 1. The van der Waals surface area contributed by atoms with Crippen molar-refractivity contribution in [3.05, 3.63) is 164 Å². The van der Waals surface area contributed by atoms with E-state index >= 15 is 0 Å². The van der Waals surface area contributed by atoms with E-state index in [1.807, 2.05) is 11.3 Å². The molecule has 0 aliphatic heterocycles. The molecule has 0 aliphatic rings. The molecule has 0 spiro atoms. The van der Waals surface area contributed by atoms with Crippen molar-refractivity contribution in [3.8, 4) is 39.1 Å². The Morgan fingerprint density at radius 3 is 1.43 bits per heavy atom. The number of nitrogens with zero attached hydrogens (tertiary/aromatic N) is 1. The molecule has 0 atom stereocenters. The van der Waals surface area contributed by atoms with Crippen LogP contribution in [-0.4, -0.2) is 4.57 Å². The minimum atomic E-state index is 1.17. The Morgan fingerprint density at radius 2 is 0.773 bits per heavy atom. The van der Waals surface area contributed by atoms with Crippen LogP contribution in [-0.2, 0) is 0 Å². The summed E-state index contributed by atoms with van der Waals surface area (Å²) < 4.78 is 5.04. The molecule has 0 radical (unpaired) electrons. The maximum Gasteiger partial charge on any atom is 0.0541 e. The topological polar surface area (TPSA) is 4.93 Å². The molecule has 206 valence electrons. The van der Waals surface area contributed by atoms with Gasteiger partial charge in [-0.3, -0.25) is 0 Å². The molecule has 0 bridgehead atoms. The van der Waals surface area contributed by atoms with E-state index < -0.39 is 0 Å². The fraction of sp³-hybridized carbons (Fsp3) is 0. The molecular weight excluding hydrogens is 551 g/mol. The summed E-state index contributed by atoms with van der Waals surface area (Å²) in [5.74, 6) is 0. The lowest BCUT2D eigenvalue weighted by Gasteiger charge is -2.10. The van der Waals surface area contributed by atoms with Gasteiger partial charge in [-0.25, -0.2) is 0 Å². The predicted octanol–water partition coefficient (Wildman–Crippen LogP) is 12.2. The van der Waals surface area contributed by atoms with E-state index in [-0.39, 0.29) is 0 Å². The van der Waals surface area contributed by atoms with Crippen LogP contribution in [0.2, 0.25) is 0 Å². The highest BCUT2D eigenvalue weighted by molar-refractivity contribution is 7.25. The second-order valence-electron chi connectivity index (χ2n) is 11.4. The van der Waals surface area contributed by atoms with Crippen molar-refractivity contribution < 1.29 is 0 Å². The van der Waals surface area contributed by atoms with Gasteiger partial charge in [0.1, 0.15) is 0 Å². The monoisotopic (exact) mass is 577 g/mol. The fourth-order valence-electron chi connectivity index (χ4n) is 6.63. The Labute approximate surface area is 259 Å². The summed E-state index contributed by atoms with van der Waals surface area (Å²) in [6.07, 6.45) is 0. The van der Waals surface area contributed by atoms with E-state index in [0.717, 1.165) is 0 Å². The molecule has 0 amide bonds. The highest BCUT2D eigenvalue weighted by Gasteiger charge is 2.14. The lowest BCUT2D eigenvalue weighted by molar-refractivity contribution is 1.18. The summed E-state index contributed by atoms with van der Waals surface area (Å²) in [6.45, 7) is 0. The smallest absolute Gasteiger partial charge is 0.0541 e. The summed E-state index contributed by atoms with van der Waals surface area (Å²) in [5, 5.41) is 5.18. The van der Waals surface area contributed by atoms with Gasteiger partial charge in [0.05, 0.1) is 11.0 Å². The highest BCUT2D eigenvalue weighted by Crippen LogP contribution is 2.40. The average molecular weight is 578 g/mol. The second-order valence-corrected chi connectivity index (χ2v) is 12.5. The van der Waals surface area contributed by atoms with Crippen LogP contribution in [0.4, 0.5) is 0 Å². The number of fused-ring (bicyclic) bond motifs is 6. The van der Waals surface area contributed by atoms with Gasteiger partial charge >= 0.3 is 0 Å². The van der Waals surface area contributed by atoms with Crippen molar-refractivity contribution in [1.82, 2.24) is 4.57 Å². The lowest BCUT2D eigenvalue weighted by Crippen LogP contribution is -1.93. The standard InChI is InChI=1S/C42H27NS/c1-3-9-28(10-4-1)30-15-20-34(21-16-30)43-39-14-8-7-13-35(39)36-25-32(17-22-40(36)43)33-19-24-42-38(27-33)37-26-31(18-23-41(37)44-42)29-11-5-2-6-12-29/h1-27H. The minimum Gasteiger partial charge on any atom is -0.309 e. The molecule has 2 heterocycles. The largest absolute Gasteiger partial charge is 0.309 e. The van der Waals surface area contributed by atoms with E-state index in [0.29, 0.717) is 0 Å². The summed E-state index contributed by atoms with van der Waals surface area (Å²) in [4.78, 5) is 0. The number of benzene rings is 7. The van der Waals surface area contributed by atoms with Crippen molar-refractivity contribution in [1.29, 1.82) is 0 Å². The average Bonchev–Trinajstić information content (AvgIpc) is 3.63. The van der Waals surface area contributed by atoms with Crippen LogP contribution in [0, 0.1) is 0 Å². The first kappa shape index (κ1) is 25.1. The quantitative estimate of drug-likeness (QED) is 0.196. The molecule has 0 aliphatic carbocycles. The van der Waals surface area contributed by atoms with Gasteiger partial charge in [0, 0.05) is 36.6 Å². The maximum atomic E-state index is 2.39. The van der Waals surface area contributed by atoms with Crippen LogP contribution in [0.1, 0.15) is 0 Å². The summed E-state index contributed by atoms with van der Waals surface area (Å²) in [7, 11) is 0. The molecule has 7 aromatic carbocycles. The number of rotatable bonds is 4. The minimum absolute atomic E-state index is 1.17. The first-order valence-corrected chi connectivity index (χ1v) is 15.8. The molecular formula is C42H27NS. The lowest BCUT2D eigenvalue weighted by atomic mass is 9.99. The summed E-state index contributed by atoms with van der Waals surface area (Å²) in [5.41, 5.74) is 11.1. The molecule has 0 fully saturated rings. The van der Waals surface area contributed by atoms with Crippen LogP contribution in [0.15, 0.2) is 164 Å². The van der Waals surface area contributed by atoms with Gasteiger partial charge in [0.15, 0.2) is 0 Å². The molecule has 9 rings (SSSR count). The molecule has 1 nitrogen and oxygen atoms in total. The van der Waals surface area contributed by atoms with Crippen LogP contribution in [0.5, 0.6) is 0 Å². The van der Waals surface area contributed by atoms with E-state index in [1.54, 1.807) is 0 Å². The number of hydrogen-bond acceptors (Lipinski definition) is 1. The molecule has 0 saturated heterocycles. The molecule has 0 unspecified atom stereocenters. The van der Waals surface area contributed by atoms with E-state index in [1.165, 1.54) is 81.0 Å². The SMILES string of the molecule is c1ccc(-c2ccc(-n3c4ccccc4c4cc(-c5ccc6sc7ccc(-c8ccccc8)cc7c6c5)ccc43)cc2)cc1. The Hall–Kier alpha value is -5.44. The Bertz CT molecular complexity index is 2470. The third-order valence-corrected chi connectivity index (χ3v) is 9.97. The van der Waals surface area contributed by atoms with Gasteiger partial charge in [-0.1, -0.05) is 109 Å². The summed E-state index contributed by atoms with van der Waals surface area (Å²) in [6, 6.07) is 59.7. The zero-order valence-corrected chi connectivity index (χ0v) is 24.8. The molecule has 0 saturated carbocycles. The van der Waals surface area contributed by atoms with Crippen LogP contribution < -0.4 is 0 Å². The van der Waals surface area contributed by atoms with Gasteiger partial charge in [-0.05, 0) is 88.0 Å². The van der Waals surface area contributed by atoms with Gasteiger partial charge in [0.25, 0.3) is 0 Å². The Kier molecular flexibility index (Phi) is 5.75. The van der Waals surface area contributed by atoms with Crippen LogP contribution in [0.25, 0.3) is 81.0 Å². The normalized spacial score (nSPS) is 11.6. The van der Waals surface area contributed by atoms with Crippen LogP contribution >= 0.6 is 11.3 Å². The maximum absolute atomic E-state index is 2.39. The van der Waals surface area contributed by atoms with E-state index in [2.05, 4.69) is 168 Å². The van der Waals surface area contributed by atoms with Crippen molar-refractivity contribution >= 4 is 53.3 Å². The van der Waals surface area contributed by atoms with Gasteiger partial charge < -0.3 is 4.57 Å². The number of para-hydroxylation sites is 1. The molecule has 2 heteroatoms. The Balaban J connectivity index is 1.17. The molecule has 9 aromatic rings. The van der Waals surface area contributed by atoms with Gasteiger partial charge in [-0.2, -0.15) is 0 Å². The van der Waals surface area contributed by atoms with Gasteiger partial charge in [0.2, 0.25) is 0 Å². The van der Waals surface area contributed by atoms with E-state index in [4.69, 9.17) is 0 Å². The third-order valence-electron chi connectivity index (χ3n) is 8.81. The molecule has 2 aromatic heterocycles. The molecule has 44 heavy (non-hydrogen) atoms. The summed E-state index contributed by atoms with van der Waals surface area (Å²) >= 11 is 1.87. The highest BCUT2D eigenvalue weighted by atomic mass is 32.1. The van der Waals surface area contributed by atoms with Crippen molar-refractivity contribution in [3.63, 3.8) is 0 Å². The molecule has 0 N–H and O–H groups in total. The fourth-order valence-corrected chi connectivity index (χ4v) is 7.70.